The van der Waals surface area contributed by atoms with Crippen LogP contribution in [0.1, 0.15) is 53.6 Å². The number of carbonyl (C=O) groups excluding carboxylic acids is 1. The zero-order valence-corrected chi connectivity index (χ0v) is 13.3. The van der Waals surface area contributed by atoms with Gasteiger partial charge in [0.1, 0.15) is 5.82 Å². The van der Waals surface area contributed by atoms with E-state index in [1.807, 2.05) is 0 Å². The average molecular weight is 321 g/mol. The molecule has 23 heavy (non-hydrogen) atoms. The zero-order chi connectivity index (χ0) is 16.3. The third-order valence-electron chi connectivity index (χ3n) is 5.17. The smallest absolute Gasteiger partial charge is 0.274 e. The third kappa shape index (κ3) is 3.54. The summed E-state index contributed by atoms with van der Waals surface area (Å²) in [5.74, 6) is -1.09. The van der Waals surface area contributed by atoms with Crippen LogP contribution in [0.4, 0.5) is 4.39 Å². The van der Waals surface area contributed by atoms with Gasteiger partial charge in [-0.15, -0.1) is 0 Å². The van der Waals surface area contributed by atoms with Crippen LogP contribution in [0.25, 0.3) is 0 Å². The first-order chi connectivity index (χ1) is 11.1. The first-order valence-electron chi connectivity index (χ1n) is 8.35. The van der Waals surface area contributed by atoms with E-state index >= 15 is 0 Å². The van der Waals surface area contributed by atoms with Crippen LogP contribution in [-0.4, -0.2) is 29.7 Å². The first kappa shape index (κ1) is 16.4. The number of carbonyl (C=O) groups is 1. The second-order valence-corrected chi connectivity index (χ2v) is 6.63. The molecule has 0 aromatic heterocycles. The first-order valence-corrected chi connectivity index (χ1v) is 8.35. The predicted octanol–water partition coefficient (Wildman–Crippen LogP) is 1.88. The zero-order valence-electron chi connectivity index (χ0n) is 13.3. The number of hydrogen-bond acceptors (Lipinski definition) is 4. The molecule has 1 aromatic carbocycles. The van der Waals surface area contributed by atoms with Crippen LogP contribution in [-0.2, 0) is 13.0 Å². The number of fused-ring (bicyclic) bond motifs is 1. The minimum Gasteiger partial charge on any atom is -0.312 e. The Hall–Kier alpha value is -1.50. The van der Waals surface area contributed by atoms with Crippen LogP contribution >= 0.6 is 0 Å². The molecule has 6 heteroatoms. The average Bonchev–Trinajstić information content (AvgIpc) is 3.05. The molecule has 3 aliphatic rings. The Kier molecular flexibility index (Phi) is 4.94. The van der Waals surface area contributed by atoms with Gasteiger partial charge in [0.15, 0.2) is 0 Å². The molecule has 1 aliphatic carbocycles. The number of benzene rings is 1. The number of amides is 1. The summed E-state index contributed by atoms with van der Waals surface area (Å²) in [6.45, 7) is 2.54. The highest BCUT2D eigenvalue weighted by Gasteiger charge is 2.38. The van der Waals surface area contributed by atoms with Gasteiger partial charge in [-0.25, -0.2) is 9.87 Å². The van der Waals surface area contributed by atoms with Gasteiger partial charge in [0, 0.05) is 23.2 Å². The summed E-state index contributed by atoms with van der Waals surface area (Å²) in [4.78, 5) is 11.1. The van der Waals surface area contributed by atoms with E-state index < -0.39 is 11.7 Å². The molecule has 2 aliphatic heterocycles. The minimum absolute atomic E-state index is 0.149. The Bertz CT molecular complexity index is 579. The van der Waals surface area contributed by atoms with Gasteiger partial charge in [0.05, 0.1) is 0 Å². The normalized spacial score (nSPS) is 21.0. The molecule has 0 unspecified atom stereocenters. The number of rotatable bonds is 1. The summed E-state index contributed by atoms with van der Waals surface area (Å²) in [6, 6.07) is 2.75. The van der Waals surface area contributed by atoms with Crippen molar-refractivity contribution in [3.63, 3.8) is 0 Å². The van der Waals surface area contributed by atoms with Crippen molar-refractivity contribution in [1.29, 1.82) is 0 Å². The van der Waals surface area contributed by atoms with Crippen molar-refractivity contribution in [2.45, 2.75) is 50.6 Å². The van der Waals surface area contributed by atoms with Gasteiger partial charge in [-0.3, -0.25) is 10.0 Å². The van der Waals surface area contributed by atoms with Crippen LogP contribution in [0.3, 0.4) is 0 Å². The summed E-state index contributed by atoms with van der Waals surface area (Å²) >= 11 is 0. The molecule has 1 amide bonds. The van der Waals surface area contributed by atoms with E-state index in [9.17, 15) is 9.18 Å². The van der Waals surface area contributed by atoms with E-state index in [4.69, 9.17) is 5.21 Å². The van der Waals surface area contributed by atoms with Crippen LogP contribution in [0.2, 0.25) is 0 Å². The molecule has 2 fully saturated rings. The van der Waals surface area contributed by atoms with E-state index in [0.717, 1.165) is 18.2 Å². The molecule has 1 saturated heterocycles. The van der Waals surface area contributed by atoms with Crippen molar-refractivity contribution in [1.82, 2.24) is 16.1 Å². The van der Waals surface area contributed by atoms with E-state index in [2.05, 4.69) is 10.6 Å². The van der Waals surface area contributed by atoms with Crippen LogP contribution in [0.15, 0.2) is 12.1 Å². The molecule has 1 spiro atoms. The standard InChI is InChI=1S/C10H11FN2O2.C7H13N/c11-9-4-7(10(14)13-15)3-6-1-2-12-5-8(6)9;1-3-7(4-1)5-2-6-8-7/h3-4,12,15H,1-2,5H2,(H,13,14);8H,1-6H2. The van der Waals surface area contributed by atoms with Crippen molar-refractivity contribution >= 4 is 5.91 Å². The minimum atomic E-state index is -0.685. The monoisotopic (exact) mass is 321 g/mol. The quantitative estimate of drug-likeness (QED) is 0.471. The third-order valence-corrected chi connectivity index (χ3v) is 5.17. The number of hydrogen-bond donors (Lipinski definition) is 4. The summed E-state index contributed by atoms with van der Waals surface area (Å²) < 4.78 is 13.5. The van der Waals surface area contributed by atoms with Crippen LogP contribution < -0.4 is 16.1 Å². The Morgan fingerprint density at radius 1 is 1.22 bits per heavy atom. The Balaban J connectivity index is 0.000000162. The molecule has 4 N–H and O–H groups in total. The molecule has 2 heterocycles. The molecule has 5 nitrogen and oxygen atoms in total. The summed E-state index contributed by atoms with van der Waals surface area (Å²) in [7, 11) is 0. The lowest BCUT2D eigenvalue weighted by atomic mass is 9.76. The lowest BCUT2D eigenvalue weighted by Crippen LogP contribution is -2.45. The van der Waals surface area contributed by atoms with Crippen molar-refractivity contribution < 1.29 is 14.4 Å². The predicted molar refractivity (Wildman–Crippen MR) is 84.9 cm³/mol. The van der Waals surface area contributed by atoms with Crippen molar-refractivity contribution in [3.8, 4) is 0 Å². The van der Waals surface area contributed by atoms with Crippen molar-refractivity contribution in [2.24, 2.45) is 0 Å². The van der Waals surface area contributed by atoms with Crippen LogP contribution in [0, 0.1) is 5.82 Å². The summed E-state index contributed by atoms with van der Waals surface area (Å²) in [5.41, 5.74) is 3.74. The van der Waals surface area contributed by atoms with Crippen molar-refractivity contribution in [2.75, 3.05) is 13.1 Å². The highest BCUT2D eigenvalue weighted by Crippen LogP contribution is 2.38. The van der Waals surface area contributed by atoms with Gasteiger partial charge in [-0.2, -0.15) is 0 Å². The number of halogens is 1. The largest absolute Gasteiger partial charge is 0.312 e. The lowest BCUT2D eigenvalue weighted by Gasteiger charge is -2.38. The fraction of sp³-hybridized carbons (Fsp3) is 0.588. The highest BCUT2D eigenvalue weighted by atomic mass is 19.1. The molecule has 4 rings (SSSR count). The second-order valence-electron chi connectivity index (χ2n) is 6.63. The van der Waals surface area contributed by atoms with Crippen molar-refractivity contribution in [3.05, 3.63) is 34.6 Å². The number of nitrogens with one attached hydrogen (secondary N) is 3. The van der Waals surface area contributed by atoms with Gasteiger partial charge in [-0.05, 0) is 69.3 Å². The maximum absolute atomic E-state index is 13.5. The maximum atomic E-state index is 13.5. The molecular formula is C17H24FN3O2. The SMILES string of the molecule is C1CNC2(C1)CCC2.O=C(NO)c1cc(F)c2c(c1)CCNC2. The summed E-state index contributed by atoms with van der Waals surface area (Å²) in [6.07, 6.45) is 7.93. The topological polar surface area (TPSA) is 73.4 Å². The van der Waals surface area contributed by atoms with E-state index in [0.29, 0.717) is 24.1 Å². The molecule has 1 saturated carbocycles. The molecule has 126 valence electrons. The summed E-state index contributed by atoms with van der Waals surface area (Å²) in [5, 5.41) is 15.1. The van der Waals surface area contributed by atoms with Gasteiger partial charge < -0.3 is 10.6 Å². The number of hydroxylamine groups is 1. The molecular weight excluding hydrogens is 297 g/mol. The maximum Gasteiger partial charge on any atom is 0.274 e. The van der Waals surface area contributed by atoms with E-state index in [1.54, 1.807) is 6.07 Å². The highest BCUT2D eigenvalue weighted by molar-refractivity contribution is 5.93. The Morgan fingerprint density at radius 3 is 2.57 bits per heavy atom. The van der Waals surface area contributed by atoms with Gasteiger partial charge in [0.2, 0.25) is 0 Å². The molecule has 0 bridgehead atoms. The van der Waals surface area contributed by atoms with Gasteiger partial charge >= 0.3 is 0 Å². The lowest BCUT2D eigenvalue weighted by molar-refractivity contribution is 0.0705. The van der Waals surface area contributed by atoms with Gasteiger partial charge in [-0.1, -0.05) is 0 Å². The fourth-order valence-corrected chi connectivity index (χ4v) is 3.65. The van der Waals surface area contributed by atoms with Crippen LogP contribution in [0.5, 0.6) is 0 Å². The Morgan fingerprint density at radius 2 is 2.00 bits per heavy atom. The molecule has 0 radical (unpaired) electrons. The second kappa shape index (κ2) is 6.95. The Labute approximate surface area is 135 Å². The molecule has 0 atom stereocenters. The van der Waals surface area contributed by atoms with E-state index in [-0.39, 0.29) is 5.56 Å². The molecule has 1 aromatic rings. The van der Waals surface area contributed by atoms with Gasteiger partial charge in [0.25, 0.3) is 5.91 Å². The van der Waals surface area contributed by atoms with E-state index in [1.165, 1.54) is 44.1 Å². The fourth-order valence-electron chi connectivity index (χ4n) is 3.65.